The van der Waals surface area contributed by atoms with Crippen LogP contribution in [0.2, 0.25) is 0 Å². The highest BCUT2D eigenvalue weighted by molar-refractivity contribution is 5.85. The van der Waals surface area contributed by atoms with Crippen molar-refractivity contribution in [1.82, 2.24) is 15.5 Å². The maximum absolute atomic E-state index is 12.3. The fourth-order valence-corrected chi connectivity index (χ4v) is 2.69. The van der Waals surface area contributed by atoms with Gasteiger partial charge in [0, 0.05) is 33.2 Å². The van der Waals surface area contributed by atoms with Crippen molar-refractivity contribution in [3.8, 4) is 0 Å². The zero-order chi connectivity index (χ0) is 15.7. The smallest absolute Gasteiger partial charge is 0.252 e. The van der Waals surface area contributed by atoms with Gasteiger partial charge in [0.1, 0.15) is 5.60 Å². The maximum Gasteiger partial charge on any atom is 0.252 e. The van der Waals surface area contributed by atoms with Crippen molar-refractivity contribution in [3.05, 3.63) is 0 Å². The third kappa shape index (κ3) is 4.97. The molecule has 0 aromatic heterocycles. The summed E-state index contributed by atoms with van der Waals surface area (Å²) in [6.07, 6.45) is 2.52. The van der Waals surface area contributed by atoms with Gasteiger partial charge in [0.05, 0.1) is 0 Å². The van der Waals surface area contributed by atoms with Crippen molar-refractivity contribution in [2.45, 2.75) is 45.1 Å². The molecular weight excluding hydrogens is 270 g/mol. The van der Waals surface area contributed by atoms with Gasteiger partial charge in [-0.3, -0.25) is 9.59 Å². The van der Waals surface area contributed by atoms with Crippen LogP contribution >= 0.6 is 0 Å². The van der Waals surface area contributed by atoms with Gasteiger partial charge in [0.25, 0.3) is 5.91 Å². The molecule has 1 aliphatic rings. The molecule has 6 nitrogen and oxygen atoms in total. The predicted octanol–water partition coefficient (Wildman–Crippen LogP) is 0.520. The van der Waals surface area contributed by atoms with Crippen LogP contribution in [0, 0.1) is 0 Å². The number of hydrogen-bond acceptors (Lipinski definition) is 4. The second-order valence-electron chi connectivity index (χ2n) is 5.37. The SMILES string of the molecule is CCN(CC)C(=O)CCCNC(=O)C1(OC)CCNCC1. The number of nitrogens with one attached hydrogen (secondary N) is 2. The number of rotatable bonds is 8. The van der Waals surface area contributed by atoms with Gasteiger partial charge < -0.3 is 20.3 Å². The molecule has 1 fully saturated rings. The largest absolute Gasteiger partial charge is 0.368 e. The standard InChI is InChI=1S/C15H29N3O3/c1-4-18(5-2)13(19)7-6-10-17-14(20)15(21-3)8-11-16-12-9-15/h16H,4-12H2,1-3H3,(H,17,20). The molecule has 2 N–H and O–H groups in total. The van der Waals surface area contributed by atoms with Crippen molar-refractivity contribution in [2.75, 3.05) is 39.8 Å². The number of carbonyl (C=O) groups excluding carboxylic acids is 2. The molecule has 0 saturated carbocycles. The molecule has 21 heavy (non-hydrogen) atoms. The Labute approximate surface area is 127 Å². The van der Waals surface area contributed by atoms with E-state index in [-0.39, 0.29) is 11.8 Å². The van der Waals surface area contributed by atoms with Crippen LogP contribution in [0.4, 0.5) is 0 Å². The van der Waals surface area contributed by atoms with Crippen molar-refractivity contribution in [3.63, 3.8) is 0 Å². The van der Waals surface area contributed by atoms with E-state index in [1.54, 1.807) is 7.11 Å². The zero-order valence-corrected chi connectivity index (χ0v) is 13.5. The molecule has 122 valence electrons. The normalized spacial score (nSPS) is 17.3. The summed E-state index contributed by atoms with van der Waals surface area (Å²) in [4.78, 5) is 25.9. The lowest BCUT2D eigenvalue weighted by Gasteiger charge is -2.34. The van der Waals surface area contributed by atoms with Gasteiger partial charge in [0.15, 0.2) is 0 Å². The topological polar surface area (TPSA) is 70.7 Å². The minimum atomic E-state index is -0.700. The molecule has 1 rings (SSSR count). The van der Waals surface area contributed by atoms with Crippen LogP contribution < -0.4 is 10.6 Å². The molecule has 1 heterocycles. The van der Waals surface area contributed by atoms with Crippen LogP contribution in [0.1, 0.15) is 39.5 Å². The molecule has 0 aromatic carbocycles. The van der Waals surface area contributed by atoms with E-state index in [1.165, 1.54) is 0 Å². The van der Waals surface area contributed by atoms with Crippen LogP contribution in [0.25, 0.3) is 0 Å². The Kier molecular flexibility index (Phi) is 7.67. The monoisotopic (exact) mass is 299 g/mol. The maximum atomic E-state index is 12.3. The lowest BCUT2D eigenvalue weighted by Crippen LogP contribution is -2.54. The minimum absolute atomic E-state index is 0.0539. The first kappa shape index (κ1) is 17.9. The number of nitrogens with zero attached hydrogens (tertiary/aromatic N) is 1. The second-order valence-corrected chi connectivity index (χ2v) is 5.37. The Morgan fingerprint density at radius 2 is 1.86 bits per heavy atom. The van der Waals surface area contributed by atoms with Crippen molar-refractivity contribution in [2.24, 2.45) is 0 Å². The predicted molar refractivity (Wildman–Crippen MR) is 82.0 cm³/mol. The van der Waals surface area contributed by atoms with Gasteiger partial charge in [-0.15, -0.1) is 0 Å². The van der Waals surface area contributed by atoms with Crippen molar-refractivity contribution < 1.29 is 14.3 Å². The molecule has 0 spiro atoms. The first-order valence-electron chi connectivity index (χ1n) is 7.91. The number of piperidine rings is 1. The van der Waals surface area contributed by atoms with Gasteiger partial charge >= 0.3 is 0 Å². The summed E-state index contributed by atoms with van der Waals surface area (Å²) >= 11 is 0. The summed E-state index contributed by atoms with van der Waals surface area (Å²) in [5, 5.41) is 6.14. The lowest BCUT2D eigenvalue weighted by molar-refractivity contribution is -0.146. The number of ether oxygens (including phenoxy) is 1. The molecule has 6 heteroatoms. The molecular formula is C15H29N3O3. The number of methoxy groups -OCH3 is 1. The summed E-state index contributed by atoms with van der Waals surface area (Å²) in [6, 6.07) is 0. The van der Waals surface area contributed by atoms with Crippen LogP contribution in [-0.4, -0.2) is 62.1 Å². The summed E-state index contributed by atoms with van der Waals surface area (Å²) in [6.45, 7) is 7.53. The molecule has 1 saturated heterocycles. The summed E-state index contributed by atoms with van der Waals surface area (Å²) in [7, 11) is 1.59. The molecule has 0 unspecified atom stereocenters. The van der Waals surface area contributed by atoms with E-state index in [0.717, 1.165) is 26.2 Å². The quantitative estimate of drug-likeness (QED) is 0.641. The van der Waals surface area contributed by atoms with Crippen LogP contribution in [0.3, 0.4) is 0 Å². The number of carbonyl (C=O) groups is 2. The highest BCUT2D eigenvalue weighted by atomic mass is 16.5. The highest BCUT2D eigenvalue weighted by Crippen LogP contribution is 2.22. The Morgan fingerprint density at radius 3 is 2.38 bits per heavy atom. The van der Waals surface area contributed by atoms with Gasteiger partial charge in [-0.25, -0.2) is 0 Å². The van der Waals surface area contributed by atoms with E-state index >= 15 is 0 Å². The van der Waals surface area contributed by atoms with Gasteiger partial charge in [0.2, 0.25) is 5.91 Å². The molecule has 2 amide bonds. The third-order valence-corrected chi connectivity index (χ3v) is 4.18. The Balaban J connectivity index is 2.31. The molecule has 0 aromatic rings. The van der Waals surface area contributed by atoms with Crippen molar-refractivity contribution >= 4 is 11.8 Å². The van der Waals surface area contributed by atoms with E-state index in [4.69, 9.17) is 4.74 Å². The Hall–Kier alpha value is -1.14. The van der Waals surface area contributed by atoms with Gasteiger partial charge in [-0.1, -0.05) is 0 Å². The number of hydrogen-bond donors (Lipinski definition) is 2. The highest BCUT2D eigenvalue weighted by Gasteiger charge is 2.39. The first-order valence-corrected chi connectivity index (χ1v) is 7.91. The zero-order valence-electron chi connectivity index (χ0n) is 13.5. The van der Waals surface area contributed by atoms with Crippen LogP contribution in [0.15, 0.2) is 0 Å². The van der Waals surface area contributed by atoms with E-state index < -0.39 is 5.60 Å². The fourth-order valence-electron chi connectivity index (χ4n) is 2.69. The van der Waals surface area contributed by atoms with Crippen LogP contribution in [0.5, 0.6) is 0 Å². The third-order valence-electron chi connectivity index (χ3n) is 4.18. The number of amides is 2. The van der Waals surface area contributed by atoms with Gasteiger partial charge in [-0.2, -0.15) is 0 Å². The average molecular weight is 299 g/mol. The van der Waals surface area contributed by atoms with Gasteiger partial charge in [-0.05, 0) is 46.2 Å². The minimum Gasteiger partial charge on any atom is -0.368 e. The lowest BCUT2D eigenvalue weighted by atomic mass is 9.91. The van der Waals surface area contributed by atoms with Crippen LogP contribution in [-0.2, 0) is 14.3 Å². The van der Waals surface area contributed by atoms with Crippen molar-refractivity contribution in [1.29, 1.82) is 0 Å². The first-order chi connectivity index (χ1) is 10.1. The van der Waals surface area contributed by atoms with E-state index in [2.05, 4.69) is 10.6 Å². The summed E-state index contributed by atoms with van der Waals surface area (Å²) < 4.78 is 5.46. The van der Waals surface area contributed by atoms with E-state index in [1.807, 2.05) is 18.7 Å². The molecule has 0 radical (unpaired) electrons. The molecule has 0 aliphatic carbocycles. The van der Waals surface area contributed by atoms with E-state index in [9.17, 15) is 9.59 Å². The Bertz CT molecular complexity index is 337. The fraction of sp³-hybridized carbons (Fsp3) is 0.867. The molecule has 0 bridgehead atoms. The average Bonchev–Trinajstić information content (AvgIpc) is 2.53. The molecule has 0 atom stereocenters. The summed E-state index contributed by atoms with van der Waals surface area (Å²) in [5.74, 6) is 0.0966. The molecule has 1 aliphatic heterocycles. The van der Waals surface area contributed by atoms with E-state index in [0.29, 0.717) is 32.2 Å². The summed E-state index contributed by atoms with van der Waals surface area (Å²) in [5.41, 5.74) is -0.700. The Morgan fingerprint density at radius 1 is 1.24 bits per heavy atom. The second kappa shape index (κ2) is 9.00.